The van der Waals surface area contributed by atoms with Crippen molar-refractivity contribution in [2.45, 2.75) is 18.9 Å². The Bertz CT molecular complexity index is 535. The molecule has 0 saturated heterocycles. The normalized spacial score (nSPS) is 10.9. The first-order chi connectivity index (χ1) is 11.1. The van der Waals surface area contributed by atoms with Crippen molar-refractivity contribution in [1.29, 1.82) is 5.26 Å². The molecule has 0 aliphatic heterocycles. The van der Waals surface area contributed by atoms with Crippen molar-refractivity contribution in [1.82, 2.24) is 0 Å². The number of nitriles is 1. The zero-order valence-electron chi connectivity index (χ0n) is 13.6. The molecule has 7 nitrogen and oxygen atoms in total. The summed E-state index contributed by atoms with van der Waals surface area (Å²) in [6, 6.07) is 9.47. The second kappa shape index (κ2) is 9.97. The number of nitrogens with zero attached hydrogens (tertiary/aromatic N) is 1. The summed E-state index contributed by atoms with van der Waals surface area (Å²) in [5.74, 6) is 0.292. The van der Waals surface area contributed by atoms with Crippen LogP contribution in [0.15, 0.2) is 24.3 Å². The van der Waals surface area contributed by atoms with Gasteiger partial charge in [0, 0.05) is 39.1 Å². The third-order valence-electron chi connectivity index (χ3n) is 3.19. The number of carbonyl (C=O) groups is 1. The Balaban J connectivity index is 2.46. The van der Waals surface area contributed by atoms with E-state index in [2.05, 4.69) is 5.32 Å². The first kappa shape index (κ1) is 19.1. The van der Waals surface area contributed by atoms with Gasteiger partial charge in [-0.1, -0.05) is 6.07 Å². The number of hydrogen-bond acceptors (Lipinski definition) is 6. The SMILES string of the molecule is CO[Si](CCCOc1cccc(NC(=O)CC#N)c1)(OC)OC. The van der Waals surface area contributed by atoms with Crippen LogP contribution in [-0.2, 0) is 18.1 Å². The van der Waals surface area contributed by atoms with Gasteiger partial charge in [0.1, 0.15) is 12.2 Å². The number of nitrogens with one attached hydrogen (secondary N) is 1. The summed E-state index contributed by atoms with van der Waals surface area (Å²) in [6.45, 7) is 0.473. The third kappa shape index (κ3) is 6.38. The molecule has 0 radical (unpaired) electrons. The van der Waals surface area contributed by atoms with Crippen molar-refractivity contribution in [3.63, 3.8) is 0 Å². The zero-order chi connectivity index (χ0) is 17.1. The molecule has 0 aliphatic carbocycles. The molecule has 0 heterocycles. The lowest BCUT2D eigenvalue weighted by Crippen LogP contribution is -2.42. The van der Waals surface area contributed by atoms with E-state index in [1.807, 2.05) is 0 Å². The van der Waals surface area contributed by atoms with E-state index < -0.39 is 8.80 Å². The van der Waals surface area contributed by atoms with Gasteiger partial charge in [0.25, 0.3) is 0 Å². The van der Waals surface area contributed by atoms with Gasteiger partial charge in [-0.3, -0.25) is 4.79 Å². The largest absolute Gasteiger partial charge is 0.500 e. The Morgan fingerprint density at radius 2 is 1.96 bits per heavy atom. The highest BCUT2D eigenvalue weighted by Gasteiger charge is 2.36. The van der Waals surface area contributed by atoms with Gasteiger partial charge in [-0.15, -0.1) is 0 Å². The van der Waals surface area contributed by atoms with E-state index in [9.17, 15) is 4.79 Å². The van der Waals surface area contributed by atoms with Crippen LogP contribution in [0, 0.1) is 11.3 Å². The van der Waals surface area contributed by atoms with Crippen molar-refractivity contribution < 1.29 is 22.8 Å². The molecule has 23 heavy (non-hydrogen) atoms. The quantitative estimate of drug-likeness (QED) is 0.519. The molecule has 0 saturated carbocycles. The Hall–Kier alpha value is -1.92. The zero-order valence-corrected chi connectivity index (χ0v) is 14.6. The topological polar surface area (TPSA) is 89.8 Å². The van der Waals surface area contributed by atoms with Crippen molar-refractivity contribution in [2.24, 2.45) is 0 Å². The number of amides is 1. The number of rotatable bonds is 10. The molecule has 1 N–H and O–H groups in total. The van der Waals surface area contributed by atoms with Gasteiger partial charge in [0.05, 0.1) is 12.7 Å². The summed E-state index contributed by atoms with van der Waals surface area (Å²) in [7, 11) is 2.17. The molecular weight excluding hydrogens is 316 g/mol. The summed E-state index contributed by atoms with van der Waals surface area (Å²) in [4.78, 5) is 11.4. The van der Waals surface area contributed by atoms with Crippen molar-refractivity contribution in [2.75, 3.05) is 33.3 Å². The lowest BCUT2D eigenvalue weighted by Gasteiger charge is -2.24. The number of ether oxygens (including phenoxy) is 1. The summed E-state index contributed by atoms with van der Waals surface area (Å²) in [5.41, 5.74) is 0.595. The highest BCUT2D eigenvalue weighted by Crippen LogP contribution is 2.19. The molecule has 1 aromatic rings. The van der Waals surface area contributed by atoms with Crippen LogP contribution in [0.1, 0.15) is 12.8 Å². The molecule has 0 spiro atoms. The number of anilines is 1. The summed E-state index contributed by atoms with van der Waals surface area (Å²) >= 11 is 0. The Morgan fingerprint density at radius 1 is 1.26 bits per heavy atom. The van der Waals surface area contributed by atoms with E-state index in [0.717, 1.165) is 0 Å². The van der Waals surface area contributed by atoms with E-state index in [-0.39, 0.29) is 12.3 Å². The third-order valence-corrected chi connectivity index (χ3v) is 6.02. The van der Waals surface area contributed by atoms with Gasteiger partial charge in [-0.2, -0.15) is 5.26 Å². The highest BCUT2D eigenvalue weighted by molar-refractivity contribution is 6.60. The van der Waals surface area contributed by atoms with Crippen LogP contribution in [0.3, 0.4) is 0 Å². The summed E-state index contributed by atoms with van der Waals surface area (Å²) < 4.78 is 21.7. The van der Waals surface area contributed by atoms with Gasteiger partial charge in [0.2, 0.25) is 5.91 Å². The monoisotopic (exact) mass is 338 g/mol. The fourth-order valence-electron chi connectivity index (χ4n) is 1.98. The predicted octanol–water partition coefficient (Wildman–Crippen LogP) is 2.19. The molecule has 1 amide bonds. The molecule has 0 aliphatic rings. The van der Waals surface area contributed by atoms with Crippen LogP contribution in [0.4, 0.5) is 5.69 Å². The van der Waals surface area contributed by atoms with Crippen LogP contribution < -0.4 is 10.1 Å². The van der Waals surface area contributed by atoms with Crippen LogP contribution in [-0.4, -0.2) is 42.6 Å². The average Bonchev–Trinajstić information content (AvgIpc) is 2.56. The lowest BCUT2D eigenvalue weighted by molar-refractivity contribution is -0.115. The van der Waals surface area contributed by atoms with E-state index in [1.54, 1.807) is 51.7 Å². The molecule has 126 valence electrons. The molecule has 0 atom stereocenters. The molecule has 0 aromatic heterocycles. The van der Waals surface area contributed by atoms with Crippen LogP contribution in [0.5, 0.6) is 5.75 Å². The number of hydrogen-bond donors (Lipinski definition) is 1. The van der Waals surface area contributed by atoms with Crippen LogP contribution in [0.2, 0.25) is 6.04 Å². The van der Waals surface area contributed by atoms with Gasteiger partial charge < -0.3 is 23.3 Å². The lowest BCUT2D eigenvalue weighted by atomic mass is 10.3. The maximum Gasteiger partial charge on any atom is 0.500 e. The van der Waals surface area contributed by atoms with E-state index in [1.165, 1.54) is 0 Å². The average molecular weight is 338 g/mol. The standard InChI is InChI=1S/C15H22N2O5Si/c1-19-23(20-2,21-3)11-5-10-22-14-7-4-6-13(12-14)17-15(18)8-9-16/h4,6-7,12H,5,8,10-11H2,1-3H3,(H,17,18). The van der Waals surface area contributed by atoms with Gasteiger partial charge in [0.15, 0.2) is 0 Å². The number of benzene rings is 1. The van der Waals surface area contributed by atoms with Gasteiger partial charge in [-0.25, -0.2) is 0 Å². The second-order valence-electron chi connectivity index (χ2n) is 4.66. The molecular formula is C15H22N2O5Si. The molecule has 0 bridgehead atoms. The van der Waals surface area contributed by atoms with E-state index in [4.69, 9.17) is 23.3 Å². The fourth-order valence-corrected chi connectivity index (χ4v) is 3.67. The maximum atomic E-state index is 11.4. The van der Waals surface area contributed by atoms with Crippen molar-refractivity contribution in [3.05, 3.63) is 24.3 Å². The molecule has 1 rings (SSSR count). The fraction of sp³-hybridized carbons (Fsp3) is 0.467. The van der Waals surface area contributed by atoms with Gasteiger partial charge in [-0.05, 0) is 18.6 Å². The summed E-state index contributed by atoms with van der Waals surface area (Å²) in [5, 5.41) is 11.1. The minimum Gasteiger partial charge on any atom is -0.494 e. The van der Waals surface area contributed by atoms with E-state index in [0.29, 0.717) is 30.5 Å². The first-order valence-corrected chi connectivity index (χ1v) is 9.07. The molecule has 1 aromatic carbocycles. The highest BCUT2D eigenvalue weighted by atomic mass is 28.4. The van der Waals surface area contributed by atoms with E-state index >= 15 is 0 Å². The van der Waals surface area contributed by atoms with Crippen LogP contribution >= 0.6 is 0 Å². The Kier molecular flexibility index (Phi) is 8.29. The first-order valence-electron chi connectivity index (χ1n) is 7.14. The molecule has 0 unspecified atom stereocenters. The maximum absolute atomic E-state index is 11.4. The molecule has 8 heteroatoms. The van der Waals surface area contributed by atoms with Gasteiger partial charge >= 0.3 is 8.80 Å². The van der Waals surface area contributed by atoms with Crippen molar-refractivity contribution >= 4 is 20.4 Å². The second-order valence-corrected chi connectivity index (χ2v) is 7.75. The minimum atomic E-state index is -2.57. The predicted molar refractivity (Wildman–Crippen MR) is 87.0 cm³/mol. The summed E-state index contributed by atoms with van der Waals surface area (Å²) in [6.07, 6.45) is 0.537. The Morgan fingerprint density at radius 3 is 2.57 bits per heavy atom. The molecule has 0 fully saturated rings. The Labute approximate surface area is 137 Å². The smallest absolute Gasteiger partial charge is 0.494 e. The minimum absolute atomic E-state index is 0.178. The number of carbonyl (C=O) groups excluding carboxylic acids is 1. The van der Waals surface area contributed by atoms with Crippen molar-refractivity contribution in [3.8, 4) is 11.8 Å². The van der Waals surface area contributed by atoms with Crippen LogP contribution in [0.25, 0.3) is 0 Å².